The topological polar surface area (TPSA) is 116 Å². The molecule has 0 aromatic carbocycles. The molecule has 1 aliphatic heterocycles. The van der Waals surface area contributed by atoms with Gasteiger partial charge in [0.2, 0.25) is 5.91 Å². The van der Waals surface area contributed by atoms with Crippen LogP contribution >= 0.6 is 0 Å². The molecule has 3 atom stereocenters. The van der Waals surface area contributed by atoms with Crippen LogP contribution in [0.4, 0.5) is 0 Å². The zero-order valence-electron chi connectivity index (χ0n) is 16.0. The van der Waals surface area contributed by atoms with Gasteiger partial charge >= 0.3 is 5.69 Å². The molecule has 1 saturated carbocycles. The Morgan fingerprint density at radius 2 is 2.21 bits per heavy atom. The minimum atomic E-state index is -0.483. The first-order chi connectivity index (χ1) is 13.5. The third-order valence-electron chi connectivity index (χ3n) is 6.07. The summed E-state index contributed by atoms with van der Waals surface area (Å²) >= 11 is 0. The van der Waals surface area contributed by atoms with Crippen LogP contribution in [-0.4, -0.2) is 43.4 Å². The molecule has 150 valence electrons. The van der Waals surface area contributed by atoms with E-state index in [0.29, 0.717) is 30.6 Å². The highest BCUT2D eigenvalue weighted by atomic mass is 16.2. The number of likely N-dealkylation sites (tertiary alicyclic amines) is 1. The number of hydrogen-bond donors (Lipinski definition) is 3. The van der Waals surface area contributed by atoms with E-state index in [-0.39, 0.29) is 17.4 Å². The largest absolute Gasteiger partial charge is 0.349 e. The summed E-state index contributed by atoms with van der Waals surface area (Å²) in [5.41, 5.74) is -0.261. The smallest absolute Gasteiger partial charge is 0.325 e. The van der Waals surface area contributed by atoms with Crippen molar-refractivity contribution in [3.63, 3.8) is 0 Å². The van der Waals surface area contributed by atoms with E-state index in [2.05, 4.69) is 25.2 Å². The Labute approximate surface area is 162 Å². The van der Waals surface area contributed by atoms with Crippen molar-refractivity contribution in [3.05, 3.63) is 50.8 Å². The van der Waals surface area contributed by atoms with Crippen molar-refractivity contribution in [2.24, 2.45) is 17.8 Å². The van der Waals surface area contributed by atoms with Crippen molar-refractivity contribution >= 4 is 5.91 Å². The summed E-state index contributed by atoms with van der Waals surface area (Å²) in [4.78, 5) is 47.0. The zero-order valence-corrected chi connectivity index (χ0v) is 16.0. The molecule has 9 heteroatoms. The Kier molecular flexibility index (Phi) is 5.17. The second kappa shape index (κ2) is 7.75. The molecule has 1 saturated heterocycles. The SMILES string of the molecule is CCn1ccnc1CNC(=O)[C@@H]1C[C@H]2CCN(Cc3cc(=O)[nH]c(=O)[nH]3)C[C@H]21. The monoisotopic (exact) mass is 386 g/mol. The summed E-state index contributed by atoms with van der Waals surface area (Å²) in [6.07, 6.45) is 5.65. The third-order valence-corrected chi connectivity index (χ3v) is 6.07. The maximum Gasteiger partial charge on any atom is 0.325 e. The van der Waals surface area contributed by atoms with Gasteiger partial charge < -0.3 is 14.9 Å². The first-order valence-electron chi connectivity index (χ1n) is 9.86. The summed E-state index contributed by atoms with van der Waals surface area (Å²) in [5, 5.41) is 3.04. The number of carbonyl (C=O) groups excluding carboxylic acids is 1. The number of piperidine rings is 1. The van der Waals surface area contributed by atoms with Crippen LogP contribution in [0.2, 0.25) is 0 Å². The highest BCUT2D eigenvalue weighted by Crippen LogP contribution is 2.45. The molecule has 28 heavy (non-hydrogen) atoms. The van der Waals surface area contributed by atoms with E-state index < -0.39 is 5.69 Å². The summed E-state index contributed by atoms with van der Waals surface area (Å²) in [6.45, 7) is 5.57. The summed E-state index contributed by atoms with van der Waals surface area (Å²) < 4.78 is 2.02. The van der Waals surface area contributed by atoms with E-state index in [1.165, 1.54) is 6.07 Å². The van der Waals surface area contributed by atoms with Crippen LogP contribution in [0.5, 0.6) is 0 Å². The average Bonchev–Trinajstić information content (AvgIpc) is 3.09. The molecule has 3 N–H and O–H groups in total. The van der Waals surface area contributed by atoms with Crippen LogP contribution < -0.4 is 16.6 Å². The molecule has 2 aromatic heterocycles. The number of nitrogens with one attached hydrogen (secondary N) is 3. The number of nitrogens with zero attached hydrogens (tertiary/aromatic N) is 3. The molecule has 4 rings (SSSR count). The molecule has 0 radical (unpaired) electrons. The quantitative estimate of drug-likeness (QED) is 0.649. The maximum atomic E-state index is 12.7. The van der Waals surface area contributed by atoms with Crippen LogP contribution in [0.15, 0.2) is 28.0 Å². The predicted molar refractivity (Wildman–Crippen MR) is 102 cm³/mol. The molecule has 0 spiro atoms. The van der Waals surface area contributed by atoms with E-state index in [0.717, 1.165) is 38.3 Å². The number of aryl methyl sites for hydroxylation is 1. The first-order valence-corrected chi connectivity index (χ1v) is 9.86. The Hall–Kier alpha value is -2.68. The second-order valence-corrected chi connectivity index (χ2v) is 7.75. The Morgan fingerprint density at radius 1 is 1.36 bits per heavy atom. The normalized spacial score (nSPS) is 24.4. The van der Waals surface area contributed by atoms with Crippen LogP contribution in [-0.2, 0) is 24.4 Å². The number of carbonyl (C=O) groups is 1. The van der Waals surface area contributed by atoms with Crippen molar-refractivity contribution in [2.75, 3.05) is 13.1 Å². The number of imidazole rings is 1. The number of amides is 1. The van der Waals surface area contributed by atoms with Gasteiger partial charge in [-0.2, -0.15) is 0 Å². The molecule has 1 amide bonds. The van der Waals surface area contributed by atoms with Gasteiger partial charge in [0.25, 0.3) is 5.56 Å². The highest BCUT2D eigenvalue weighted by Gasteiger charge is 2.47. The highest BCUT2D eigenvalue weighted by molar-refractivity contribution is 5.80. The standard InChI is InChI=1S/C19H26N6O3/c1-2-25-6-4-20-16(25)9-21-18(27)14-7-12-3-5-24(11-15(12)14)10-13-8-17(26)23-19(28)22-13/h4,6,8,12,14-15H,2-3,5,7,9-11H2,1H3,(H,21,27)(H2,22,23,26,28)/t12-,14-,15-/m1/s1. The van der Waals surface area contributed by atoms with Gasteiger partial charge in [-0.15, -0.1) is 0 Å². The lowest BCUT2D eigenvalue weighted by atomic mass is 9.61. The lowest BCUT2D eigenvalue weighted by molar-refractivity contribution is -0.137. The van der Waals surface area contributed by atoms with Gasteiger partial charge in [-0.05, 0) is 38.1 Å². The maximum absolute atomic E-state index is 12.7. The minimum Gasteiger partial charge on any atom is -0.349 e. The van der Waals surface area contributed by atoms with E-state index >= 15 is 0 Å². The van der Waals surface area contributed by atoms with Gasteiger partial charge in [-0.1, -0.05) is 0 Å². The van der Waals surface area contributed by atoms with Crippen LogP contribution in [0, 0.1) is 17.8 Å². The van der Waals surface area contributed by atoms with Gasteiger partial charge in [-0.25, -0.2) is 9.78 Å². The first kappa shape index (κ1) is 18.7. The Morgan fingerprint density at radius 3 is 3.00 bits per heavy atom. The fourth-order valence-corrected chi connectivity index (χ4v) is 4.54. The molecule has 0 unspecified atom stereocenters. The lowest BCUT2D eigenvalue weighted by Gasteiger charge is -2.50. The molecule has 9 nitrogen and oxygen atoms in total. The molecule has 2 aromatic rings. The van der Waals surface area contributed by atoms with Crippen molar-refractivity contribution < 1.29 is 4.79 Å². The summed E-state index contributed by atoms with van der Waals surface area (Å²) in [5.74, 6) is 1.90. The van der Waals surface area contributed by atoms with Crippen molar-refractivity contribution in [2.45, 2.75) is 39.4 Å². The number of aromatic nitrogens is 4. The fourth-order valence-electron chi connectivity index (χ4n) is 4.54. The van der Waals surface area contributed by atoms with Crippen LogP contribution in [0.3, 0.4) is 0 Å². The van der Waals surface area contributed by atoms with Gasteiger partial charge in [-0.3, -0.25) is 19.5 Å². The van der Waals surface area contributed by atoms with Gasteiger partial charge in [0, 0.05) is 49.7 Å². The molecule has 1 aliphatic carbocycles. The lowest BCUT2D eigenvalue weighted by Crippen LogP contribution is -2.54. The number of H-pyrrole nitrogens is 2. The summed E-state index contributed by atoms with van der Waals surface area (Å²) in [6, 6.07) is 1.42. The van der Waals surface area contributed by atoms with Crippen molar-refractivity contribution in [1.82, 2.24) is 29.7 Å². The van der Waals surface area contributed by atoms with Crippen LogP contribution in [0.1, 0.15) is 31.3 Å². The second-order valence-electron chi connectivity index (χ2n) is 7.75. The Bertz CT molecular complexity index is 933. The molecule has 2 aliphatic rings. The molecule has 2 fully saturated rings. The number of rotatable bonds is 6. The molecular formula is C19H26N6O3. The van der Waals surface area contributed by atoms with Crippen LogP contribution in [0.25, 0.3) is 0 Å². The van der Waals surface area contributed by atoms with Crippen molar-refractivity contribution in [3.8, 4) is 0 Å². The predicted octanol–water partition coefficient (Wildman–Crippen LogP) is 0.0540. The van der Waals surface area contributed by atoms with Gasteiger partial charge in [0.05, 0.1) is 6.54 Å². The number of aromatic amines is 2. The van der Waals surface area contributed by atoms with Gasteiger partial charge in [0.15, 0.2) is 0 Å². The van der Waals surface area contributed by atoms with E-state index in [4.69, 9.17) is 0 Å². The zero-order chi connectivity index (χ0) is 19.7. The molecular weight excluding hydrogens is 360 g/mol. The minimum absolute atomic E-state index is 0.0241. The number of fused-ring (bicyclic) bond motifs is 1. The fraction of sp³-hybridized carbons (Fsp3) is 0.579. The van der Waals surface area contributed by atoms with Crippen molar-refractivity contribution in [1.29, 1.82) is 0 Å². The van der Waals surface area contributed by atoms with E-state index in [9.17, 15) is 14.4 Å². The molecule has 0 bridgehead atoms. The van der Waals surface area contributed by atoms with E-state index in [1.54, 1.807) is 6.20 Å². The van der Waals surface area contributed by atoms with Gasteiger partial charge in [0.1, 0.15) is 5.82 Å². The average molecular weight is 386 g/mol. The third kappa shape index (κ3) is 3.80. The van der Waals surface area contributed by atoms with E-state index in [1.807, 2.05) is 17.7 Å². The molecule has 3 heterocycles. The number of hydrogen-bond acceptors (Lipinski definition) is 5. The summed E-state index contributed by atoms with van der Waals surface area (Å²) in [7, 11) is 0. The Balaban J connectivity index is 1.34.